The Morgan fingerprint density at radius 2 is 1.85 bits per heavy atom. The van der Waals surface area contributed by atoms with Gasteiger partial charge in [0.15, 0.2) is 17.0 Å². The monoisotopic (exact) mass is 809 g/mol. The third-order valence-corrected chi connectivity index (χ3v) is 10.4. The van der Waals surface area contributed by atoms with Crippen LogP contribution < -0.4 is 27.0 Å². The summed E-state index contributed by atoms with van der Waals surface area (Å²) in [5.41, 5.74) is 3.55. The lowest BCUT2D eigenvalue weighted by atomic mass is 10.1. The normalized spacial score (nSPS) is 15.5. The SMILES string of the molecule is O=C(Nc1cn(-c2ccc(CNCCCOCCCc3ccc4c(c3)oc(=O)n4C3CCCNC3=O)cc2)nc1C(F)F)c1coc(-c2ccnc(NCC3CC3)c2)n1. The number of carbonyl (C=O) groups is 2. The number of pyridine rings is 1. The van der Waals surface area contributed by atoms with Crippen molar-refractivity contribution >= 4 is 34.4 Å². The quantitative estimate of drug-likeness (QED) is 0.0663. The lowest BCUT2D eigenvalue weighted by molar-refractivity contribution is -0.125. The van der Waals surface area contributed by atoms with Crippen LogP contribution in [-0.2, 0) is 22.5 Å². The minimum absolute atomic E-state index is 0.0660. The maximum absolute atomic E-state index is 14.0. The second-order valence-electron chi connectivity index (χ2n) is 14.8. The molecule has 2 aliphatic rings. The summed E-state index contributed by atoms with van der Waals surface area (Å²) in [5, 5.41) is 16.1. The number of aromatic nitrogens is 5. The van der Waals surface area contributed by atoms with Gasteiger partial charge in [0.2, 0.25) is 11.8 Å². The fourth-order valence-corrected chi connectivity index (χ4v) is 7.02. The molecule has 4 N–H and O–H groups in total. The molecule has 1 aliphatic carbocycles. The maximum Gasteiger partial charge on any atom is 0.420 e. The molecule has 0 spiro atoms. The molecule has 2 amide bonds. The van der Waals surface area contributed by atoms with Crippen molar-refractivity contribution in [1.82, 2.24) is 34.9 Å². The van der Waals surface area contributed by atoms with Crippen LogP contribution in [-0.4, -0.2) is 69.0 Å². The van der Waals surface area contributed by atoms with Gasteiger partial charge in [0.25, 0.3) is 12.3 Å². The van der Waals surface area contributed by atoms with Crippen LogP contribution in [0.4, 0.5) is 20.3 Å². The third kappa shape index (κ3) is 9.75. The van der Waals surface area contributed by atoms with Gasteiger partial charge in [-0.15, -0.1) is 0 Å². The predicted molar refractivity (Wildman–Crippen MR) is 215 cm³/mol. The van der Waals surface area contributed by atoms with Crippen LogP contribution in [0.25, 0.3) is 28.2 Å². The van der Waals surface area contributed by atoms with Crippen LogP contribution in [0.1, 0.15) is 78.3 Å². The first-order valence-corrected chi connectivity index (χ1v) is 19.9. The van der Waals surface area contributed by atoms with Crippen LogP contribution in [0.2, 0.25) is 0 Å². The molecule has 308 valence electrons. The Morgan fingerprint density at radius 3 is 2.66 bits per heavy atom. The molecule has 8 rings (SSSR count). The number of fused-ring (bicyclic) bond motifs is 1. The number of alkyl halides is 2. The van der Waals surface area contributed by atoms with E-state index in [1.807, 2.05) is 30.3 Å². The van der Waals surface area contributed by atoms with E-state index in [-0.39, 0.29) is 23.2 Å². The second-order valence-corrected chi connectivity index (χ2v) is 14.8. The first-order valence-electron chi connectivity index (χ1n) is 19.9. The van der Waals surface area contributed by atoms with Crippen molar-refractivity contribution in [3.63, 3.8) is 0 Å². The van der Waals surface area contributed by atoms with E-state index in [2.05, 4.69) is 36.3 Å². The molecule has 1 saturated carbocycles. The summed E-state index contributed by atoms with van der Waals surface area (Å²) < 4.78 is 47.7. The highest BCUT2D eigenvalue weighted by Gasteiger charge is 2.28. The second kappa shape index (κ2) is 18.2. The van der Waals surface area contributed by atoms with Crippen molar-refractivity contribution in [2.75, 3.05) is 43.5 Å². The van der Waals surface area contributed by atoms with Crippen molar-refractivity contribution in [3.8, 4) is 17.1 Å². The fourth-order valence-electron chi connectivity index (χ4n) is 7.02. The highest BCUT2D eigenvalue weighted by atomic mass is 19.3. The zero-order chi connectivity index (χ0) is 40.7. The minimum atomic E-state index is -2.93. The number of oxazole rings is 2. The van der Waals surface area contributed by atoms with Gasteiger partial charge in [-0.1, -0.05) is 18.2 Å². The number of amides is 2. The van der Waals surface area contributed by atoms with E-state index < -0.39 is 29.8 Å². The van der Waals surface area contributed by atoms with Crippen LogP contribution in [0.5, 0.6) is 0 Å². The summed E-state index contributed by atoms with van der Waals surface area (Å²) in [6.45, 7) is 3.99. The van der Waals surface area contributed by atoms with E-state index in [0.717, 1.165) is 49.9 Å². The molecule has 5 heterocycles. The molecule has 17 heteroatoms. The van der Waals surface area contributed by atoms with Crippen molar-refractivity contribution in [2.45, 2.75) is 64.0 Å². The number of piperidine rings is 1. The number of nitrogens with zero attached hydrogens (tertiary/aromatic N) is 5. The van der Waals surface area contributed by atoms with Crippen molar-refractivity contribution in [2.24, 2.45) is 5.92 Å². The third-order valence-electron chi connectivity index (χ3n) is 10.4. The minimum Gasteiger partial charge on any atom is -0.444 e. The molecular formula is C42H45F2N9O6. The zero-order valence-corrected chi connectivity index (χ0v) is 32.3. The highest BCUT2D eigenvalue weighted by Crippen LogP contribution is 2.30. The topological polar surface area (TPSA) is 183 Å². The first-order chi connectivity index (χ1) is 28.8. The van der Waals surface area contributed by atoms with Crippen LogP contribution in [0.3, 0.4) is 0 Å². The largest absolute Gasteiger partial charge is 0.444 e. The number of benzene rings is 2. The highest BCUT2D eigenvalue weighted by molar-refractivity contribution is 6.03. The van der Waals surface area contributed by atoms with E-state index in [1.165, 1.54) is 34.6 Å². The van der Waals surface area contributed by atoms with Gasteiger partial charge in [-0.3, -0.25) is 14.2 Å². The average molecular weight is 810 g/mol. The lowest BCUT2D eigenvalue weighted by Gasteiger charge is -2.22. The predicted octanol–water partition coefficient (Wildman–Crippen LogP) is 6.42. The summed E-state index contributed by atoms with van der Waals surface area (Å²) in [7, 11) is 0. The Morgan fingerprint density at radius 1 is 1.02 bits per heavy atom. The van der Waals surface area contributed by atoms with Crippen LogP contribution >= 0.6 is 0 Å². The fraction of sp³-hybridized carbons (Fsp3) is 0.381. The molecular weight excluding hydrogens is 765 g/mol. The molecule has 1 saturated heterocycles. The van der Waals surface area contributed by atoms with Crippen molar-refractivity contribution in [3.05, 3.63) is 106 Å². The summed E-state index contributed by atoms with van der Waals surface area (Å²) in [4.78, 5) is 46.5. The van der Waals surface area contributed by atoms with Gasteiger partial charge in [-0.25, -0.2) is 28.2 Å². The average Bonchev–Trinajstić information content (AvgIpc) is 3.60. The van der Waals surface area contributed by atoms with Gasteiger partial charge in [0, 0.05) is 44.6 Å². The lowest BCUT2D eigenvalue weighted by Crippen LogP contribution is -2.40. The summed E-state index contributed by atoms with van der Waals surface area (Å²) >= 11 is 0. The van der Waals surface area contributed by atoms with Crippen LogP contribution in [0, 0.1) is 5.92 Å². The van der Waals surface area contributed by atoms with E-state index in [1.54, 1.807) is 30.5 Å². The summed E-state index contributed by atoms with van der Waals surface area (Å²) in [6.07, 6.45) is 7.45. The molecule has 0 radical (unpaired) electrons. The smallest absolute Gasteiger partial charge is 0.420 e. The number of anilines is 2. The van der Waals surface area contributed by atoms with Gasteiger partial charge in [-0.05, 0) is 105 Å². The number of hydrogen-bond acceptors (Lipinski definition) is 11. The molecule has 2 fully saturated rings. The summed E-state index contributed by atoms with van der Waals surface area (Å²) in [6, 6.07) is 15.9. The number of nitrogens with one attached hydrogen (secondary N) is 4. The van der Waals surface area contributed by atoms with Crippen LogP contribution in [0.15, 0.2) is 86.9 Å². The number of rotatable bonds is 19. The van der Waals surface area contributed by atoms with E-state index in [4.69, 9.17) is 13.6 Å². The Bertz CT molecular complexity index is 2450. The number of hydrogen-bond donors (Lipinski definition) is 4. The van der Waals surface area contributed by atoms with Gasteiger partial charge < -0.3 is 34.8 Å². The molecule has 59 heavy (non-hydrogen) atoms. The number of carbonyl (C=O) groups excluding carboxylic acids is 2. The molecule has 1 atom stereocenters. The van der Waals surface area contributed by atoms with Gasteiger partial charge in [0.1, 0.15) is 18.1 Å². The molecule has 1 aliphatic heterocycles. The van der Waals surface area contributed by atoms with Crippen molar-refractivity contribution < 1.29 is 31.9 Å². The molecule has 15 nitrogen and oxygen atoms in total. The number of halogens is 2. The van der Waals surface area contributed by atoms with E-state index in [9.17, 15) is 23.2 Å². The summed E-state index contributed by atoms with van der Waals surface area (Å²) in [5.74, 6) is 0.169. The standard InChI is InChI=1S/C42H45F2N9O6/c43-38(44)37-31(49-39(54)32-25-58-41(50-32)29-14-17-46-36(21-29)48-23-28-6-7-28)24-52(51-37)30-11-8-27(9-12-30)22-45-15-3-19-57-18-2-4-26-10-13-33-35(20-26)59-42(56)53(33)34-5-1-16-47-40(34)55/h8-14,17,20-21,24-25,28,34,38,45H,1-7,15-16,18-19,22-23H2,(H,46,48)(H,47,55)(H,49,54). The van der Waals surface area contributed by atoms with E-state index in [0.29, 0.717) is 66.8 Å². The van der Waals surface area contributed by atoms with Crippen molar-refractivity contribution in [1.29, 1.82) is 0 Å². The molecule has 2 aromatic carbocycles. The van der Waals surface area contributed by atoms with Gasteiger partial charge >= 0.3 is 5.76 Å². The Kier molecular flexibility index (Phi) is 12.2. The Hall–Kier alpha value is -6.20. The van der Waals surface area contributed by atoms with Gasteiger partial charge in [0.05, 0.1) is 23.1 Å². The molecule has 4 aromatic heterocycles. The zero-order valence-electron chi connectivity index (χ0n) is 32.3. The van der Waals surface area contributed by atoms with E-state index >= 15 is 0 Å². The Labute approximate surface area is 337 Å². The first kappa shape index (κ1) is 39.6. The molecule has 1 unspecified atom stereocenters. The Balaban J connectivity index is 0.757. The maximum atomic E-state index is 14.0. The molecule has 6 aromatic rings. The van der Waals surface area contributed by atoms with Gasteiger partial charge in [-0.2, -0.15) is 5.10 Å². The number of ether oxygens (including phenoxy) is 1. The molecule has 0 bridgehead atoms. The number of aryl methyl sites for hydroxylation is 1.